The molecule has 0 aliphatic carbocycles. The number of carbonyl (C=O) groups is 1. The molecule has 2 heterocycles. The van der Waals surface area contributed by atoms with E-state index in [0.29, 0.717) is 17.6 Å². The van der Waals surface area contributed by atoms with Gasteiger partial charge in [0.2, 0.25) is 0 Å². The molecule has 110 valence electrons. The van der Waals surface area contributed by atoms with E-state index in [1.807, 2.05) is 11.8 Å². The van der Waals surface area contributed by atoms with Gasteiger partial charge in [0.1, 0.15) is 11.5 Å². The van der Waals surface area contributed by atoms with Crippen molar-refractivity contribution in [3.63, 3.8) is 0 Å². The Hall–Kier alpha value is -1.69. The third-order valence-electron chi connectivity index (χ3n) is 3.56. The summed E-state index contributed by atoms with van der Waals surface area (Å²) in [5.74, 6) is 0.678. The molecule has 0 radical (unpaired) electrons. The normalized spacial score (nSPS) is 16.5. The van der Waals surface area contributed by atoms with E-state index in [2.05, 4.69) is 34.0 Å². The fourth-order valence-electron chi connectivity index (χ4n) is 2.31. The van der Waals surface area contributed by atoms with Crippen LogP contribution >= 0.6 is 0 Å². The lowest BCUT2D eigenvalue weighted by Gasteiger charge is -2.36. The summed E-state index contributed by atoms with van der Waals surface area (Å²) in [4.78, 5) is 25.0. The van der Waals surface area contributed by atoms with E-state index in [4.69, 9.17) is 0 Å². The third-order valence-corrected chi connectivity index (χ3v) is 3.56. The summed E-state index contributed by atoms with van der Waals surface area (Å²) < 4.78 is 0. The molecule has 1 fully saturated rings. The number of amides is 1. The maximum Gasteiger partial charge on any atom is 0.274 e. The van der Waals surface area contributed by atoms with E-state index >= 15 is 0 Å². The van der Waals surface area contributed by atoms with Gasteiger partial charge in [-0.25, -0.2) is 9.97 Å². The monoisotopic (exact) mass is 277 g/mol. The Bertz CT molecular complexity index is 437. The minimum Gasteiger partial charge on any atom is -0.369 e. The quantitative estimate of drug-likeness (QED) is 0.892. The molecule has 1 aromatic rings. The lowest BCUT2D eigenvalue weighted by molar-refractivity contribution is 0.0589. The highest BCUT2D eigenvalue weighted by Crippen LogP contribution is 2.09. The molecule has 0 bridgehead atoms. The van der Waals surface area contributed by atoms with Gasteiger partial charge in [0.05, 0.1) is 12.4 Å². The van der Waals surface area contributed by atoms with Crippen molar-refractivity contribution in [2.45, 2.75) is 26.8 Å². The van der Waals surface area contributed by atoms with Gasteiger partial charge in [0.25, 0.3) is 5.91 Å². The molecule has 0 atom stereocenters. The van der Waals surface area contributed by atoms with Gasteiger partial charge in [-0.05, 0) is 20.8 Å². The number of hydrogen-bond acceptors (Lipinski definition) is 5. The minimum absolute atomic E-state index is 0.0241. The summed E-state index contributed by atoms with van der Waals surface area (Å²) in [6.45, 7) is 10.5. The molecule has 6 heteroatoms. The molecule has 1 aromatic heterocycles. The first-order valence-electron chi connectivity index (χ1n) is 7.21. The number of piperazine rings is 1. The Labute approximate surface area is 120 Å². The molecule has 1 aliphatic rings. The van der Waals surface area contributed by atoms with E-state index < -0.39 is 0 Å². The summed E-state index contributed by atoms with van der Waals surface area (Å²) in [7, 11) is 0. The summed E-state index contributed by atoms with van der Waals surface area (Å²) in [6, 6.07) is 0.534. The SMILES string of the molecule is CCNc1cnc(C(=O)N2CCN(C(C)C)CC2)cn1. The van der Waals surface area contributed by atoms with Crippen LogP contribution < -0.4 is 5.32 Å². The Morgan fingerprint density at radius 1 is 1.25 bits per heavy atom. The molecule has 0 saturated carbocycles. The van der Waals surface area contributed by atoms with Crippen LogP contribution in [0.4, 0.5) is 5.82 Å². The number of aromatic nitrogens is 2. The Balaban J connectivity index is 1.94. The van der Waals surface area contributed by atoms with Gasteiger partial charge in [-0.2, -0.15) is 0 Å². The summed E-state index contributed by atoms with van der Waals surface area (Å²) in [6.07, 6.45) is 3.16. The van der Waals surface area contributed by atoms with Crippen molar-refractivity contribution in [3.8, 4) is 0 Å². The average molecular weight is 277 g/mol. The topological polar surface area (TPSA) is 61.4 Å². The Morgan fingerprint density at radius 3 is 2.45 bits per heavy atom. The molecule has 2 rings (SSSR count). The lowest BCUT2D eigenvalue weighted by atomic mass is 10.2. The largest absolute Gasteiger partial charge is 0.369 e. The predicted octanol–water partition coefficient (Wildman–Crippen LogP) is 1.07. The second-order valence-corrected chi connectivity index (χ2v) is 5.24. The summed E-state index contributed by atoms with van der Waals surface area (Å²) >= 11 is 0. The van der Waals surface area contributed by atoms with Gasteiger partial charge < -0.3 is 10.2 Å². The van der Waals surface area contributed by atoms with Gasteiger partial charge in [-0.15, -0.1) is 0 Å². The van der Waals surface area contributed by atoms with Crippen LogP contribution in [-0.4, -0.2) is 64.4 Å². The zero-order chi connectivity index (χ0) is 14.5. The third kappa shape index (κ3) is 3.45. The van der Waals surface area contributed by atoms with Crippen molar-refractivity contribution in [1.82, 2.24) is 19.8 Å². The maximum atomic E-state index is 12.3. The van der Waals surface area contributed by atoms with Gasteiger partial charge in [0.15, 0.2) is 0 Å². The van der Waals surface area contributed by atoms with Crippen molar-refractivity contribution < 1.29 is 4.79 Å². The van der Waals surface area contributed by atoms with Gasteiger partial charge in [0, 0.05) is 38.8 Å². The van der Waals surface area contributed by atoms with Crippen molar-refractivity contribution in [2.75, 3.05) is 38.0 Å². The number of nitrogens with one attached hydrogen (secondary N) is 1. The van der Waals surface area contributed by atoms with E-state index in [-0.39, 0.29) is 5.91 Å². The van der Waals surface area contributed by atoms with Gasteiger partial charge >= 0.3 is 0 Å². The van der Waals surface area contributed by atoms with Crippen LogP contribution in [0.3, 0.4) is 0 Å². The van der Waals surface area contributed by atoms with E-state index in [1.54, 1.807) is 12.4 Å². The molecule has 1 N–H and O–H groups in total. The van der Waals surface area contributed by atoms with E-state index in [9.17, 15) is 4.79 Å². The van der Waals surface area contributed by atoms with E-state index in [1.165, 1.54) is 0 Å². The summed E-state index contributed by atoms with van der Waals surface area (Å²) in [5.41, 5.74) is 0.421. The molecule has 0 aromatic carbocycles. The molecule has 0 unspecified atom stereocenters. The second kappa shape index (κ2) is 6.65. The van der Waals surface area contributed by atoms with Crippen molar-refractivity contribution in [3.05, 3.63) is 18.1 Å². The van der Waals surface area contributed by atoms with Crippen LogP contribution in [-0.2, 0) is 0 Å². The fraction of sp³-hybridized carbons (Fsp3) is 0.643. The average Bonchev–Trinajstić information content (AvgIpc) is 2.48. The zero-order valence-electron chi connectivity index (χ0n) is 12.5. The first kappa shape index (κ1) is 14.7. The number of carbonyl (C=O) groups excluding carboxylic acids is 1. The van der Waals surface area contributed by atoms with Crippen LogP contribution in [0.1, 0.15) is 31.3 Å². The van der Waals surface area contributed by atoms with Crippen LogP contribution in [0.15, 0.2) is 12.4 Å². The number of anilines is 1. The standard InChI is InChI=1S/C14H23N5O/c1-4-15-13-10-16-12(9-17-13)14(20)19-7-5-18(6-8-19)11(2)3/h9-11H,4-8H2,1-3H3,(H,15,17). The molecule has 20 heavy (non-hydrogen) atoms. The highest BCUT2D eigenvalue weighted by molar-refractivity contribution is 5.92. The fourth-order valence-corrected chi connectivity index (χ4v) is 2.31. The Kier molecular flexibility index (Phi) is 4.89. The molecule has 1 saturated heterocycles. The van der Waals surface area contributed by atoms with E-state index in [0.717, 1.165) is 32.7 Å². The van der Waals surface area contributed by atoms with Crippen LogP contribution in [0.2, 0.25) is 0 Å². The van der Waals surface area contributed by atoms with Crippen molar-refractivity contribution >= 4 is 11.7 Å². The molecule has 6 nitrogen and oxygen atoms in total. The highest BCUT2D eigenvalue weighted by Gasteiger charge is 2.24. The molecular formula is C14H23N5O. The molecular weight excluding hydrogens is 254 g/mol. The first-order valence-corrected chi connectivity index (χ1v) is 7.21. The molecule has 1 amide bonds. The number of hydrogen-bond donors (Lipinski definition) is 1. The van der Waals surface area contributed by atoms with Crippen LogP contribution in [0.25, 0.3) is 0 Å². The first-order chi connectivity index (χ1) is 9.61. The lowest BCUT2D eigenvalue weighted by Crippen LogP contribution is -2.50. The van der Waals surface area contributed by atoms with Gasteiger partial charge in [-0.1, -0.05) is 0 Å². The highest BCUT2D eigenvalue weighted by atomic mass is 16.2. The van der Waals surface area contributed by atoms with Crippen molar-refractivity contribution in [2.24, 2.45) is 0 Å². The van der Waals surface area contributed by atoms with Gasteiger partial charge in [-0.3, -0.25) is 9.69 Å². The molecule has 1 aliphatic heterocycles. The minimum atomic E-state index is -0.0241. The van der Waals surface area contributed by atoms with Crippen LogP contribution in [0, 0.1) is 0 Å². The van der Waals surface area contributed by atoms with Crippen molar-refractivity contribution in [1.29, 1.82) is 0 Å². The number of nitrogens with zero attached hydrogens (tertiary/aromatic N) is 4. The Morgan fingerprint density at radius 2 is 1.95 bits per heavy atom. The maximum absolute atomic E-state index is 12.3. The zero-order valence-corrected chi connectivity index (χ0v) is 12.5. The van der Waals surface area contributed by atoms with Crippen LogP contribution in [0.5, 0.6) is 0 Å². The molecule has 0 spiro atoms. The second-order valence-electron chi connectivity index (χ2n) is 5.24. The smallest absolute Gasteiger partial charge is 0.274 e. The summed E-state index contributed by atoms with van der Waals surface area (Å²) in [5, 5.41) is 3.07. The number of rotatable bonds is 4. The predicted molar refractivity (Wildman–Crippen MR) is 78.8 cm³/mol.